The second kappa shape index (κ2) is 10.2. The second-order valence-corrected chi connectivity index (χ2v) is 9.25. The Kier molecular flexibility index (Phi) is 8.99. The first-order chi connectivity index (χ1) is 11.6. The molecule has 0 bridgehead atoms. The van der Waals surface area contributed by atoms with Gasteiger partial charge in [-0.15, -0.1) is 0 Å². The third kappa shape index (κ3) is 8.27. The van der Waals surface area contributed by atoms with E-state index in [1.165, 1.54) is 12.8 Å². The molecular formula is C22H36ClNO. The van der Waals surface area contributed by atoms with Crippen molar-refractivity contribution in [1.82, 2.24) is 5.32 Å². The summed E-state index contributed by atoms with van der Waals surface area (Å²) in [6.45, 7) is 14.4. The zero-order valence-corrected chi connectivity index (χ0v) is 17.6. The van der Waals surface area contributed by atoms with Gasteiger partial charge in [-0.1, -0.05) is 59.6 Å². The Balaban J connectivity index is 2.88. The lowest BCUT2D eigenvalue weighted by Gasteiger charge is -2.38. The van der Waals surface area contributed by atoms with Gasteiger partial charge in [0.25, 0.3) is 5.91 Å². The number of hydrogen-bond acceptors (Lipinski definition) is 1. The van der Waals surface area contributed by atoms with Crippen LogP contribution in [0.3, 0.4) is 0 Å². The molecule has 0 saturated carbocycles. The van der Waals surface area contributed by atoms with Crippen LogP contribution >= 0.6 is 11.6 Å². The first kappa shape index (κ1) is 22.0. The van der Waals surface area contributed by atoms with Gasteiger partial charge in [0.1, 0.15) is 0 Å². The Bertz CT molecular complexity index is 509. The van der Waals surface area contributed by atoms with Crippen molar-refractivity contribution in [3.63, 3.8) is 0 Å². The van der Waals surface area contributed by atoms with Crippen LogP contribution in [-0.4, -0.2) is 12.5 Å². The van der Waals surface area contributed by atoms with Gasteiger partial charge in [0.2, 0.25) is 0 Å². The highest BCUT2D eigenvalue weighted by Gasteiger charge is 2.32. The Labute approximate surface area is 159 Å². The third-order valence-corrected chi connectivity index (χ3v) is 4.92. The molecule has 0 fully saturated rings. The molecule has 2 nitrogen and oxygen atoms in total. The summed E-state index contributed by atoms with van der Waals surface area (Å²) in [6.07, 6.45) is 4.68. The van der Waals surface area contributed by atoms with E-state index >= 15 is 0 Å². The maximum atomic E-state index is 12.6. The van der Waals surface area contributed by atoms with Crippen LogP contribution in [0, 0.1) is 23.2 Å². The van der Waals surface area contributed by atoms with Crippen molar-refractivity contribution in [1.29, 1.82) is 0 Å². The molecule has 3 heteroatoms. The van der Waals surface area contributed by atoms with E-state index < -0.39 is 0 Å². The summed E-state index contributed by atoms with van der Waals surface area (Å²) in [7, 11) is 0. The number of amides is 1. The van der Waals surface area contributed by atoms with Crippen molar-refractivity contribution >= 4 is 17.5 Å². The number of carbonyl (C=O) groups is 1. The summed E-state index contributed by atoms with van der Waals surface area (Å²) in [4.78, 5) is 12.6. The molecule has 0 radical (unpaired) electrons. The number of benzene rings is 1. The average Bonchev–Trinajstić information content (AvgIpc) is 2.50. The van der Waals surface area contributed by atoms with Crippen molar-refractivity contribution in [3.8, 4) is 0 Å². The molecule has 0 heterocycles. The van der Waals surface area contributed by atoms with E-state index in [-0.39, 0.29) is 11.3 Å². The van der Waals surface area contributed by atoms with E-state index in [9.17, 15) is 4.79 Å². The van der Waals surface area contributed by atoms with Gasteiger partial charge in [-0.3, -0.25) is 4.79 Å². The molecule has 1 aromatic carbocycles. The Morgan fingerprint density at radius 2 is 1.48 bits per heavy atom. The van der Waals surface area contributed by atoms with Gasteiger partial charge in [0.15, 0.2) is 0 Å². The lowest BCUT2D eigenvalue weighted by molar-refractivity contribution is 0.0888. The first-order valence-electron chi connectivity index (χ1n) is 9.67. The van der Waals surface area contributed by atoms with Crippen molar-refractivity contribution in [2.75, 3.05) is 6.54 Å². The lowest BCUT2D eigenvalue weighted by atomic mass is 9.70. The molecule has 0 aromatic heterocycles. The molecule has 1 amide bonds. The first-order valence-corrected chi connectivity index (χ1v) is 10.0. The van der Waals surface area contributed by atoms with Gasteiger partial charge >= 0.3 is 0 Å². The summed E-state index contributed by atoms with van der Waals surface area (Å²) in [6, 6.07) is 7.12. The predicted octanol–water partition coefficient (Wildman–Crippen LogP) is 6.58. The van der Waals surface area contributed by atoms with E-state index in [4.69, 9.17) is 11.6 Å². The van der Waals surface area contributed by atoms with Crippen LogP contribution in [0.2, 0.25) is 5.02 Å². The molecule has 0 aliphatic carbocycles. The molecular weight excluding hydrogens is 330 g/mol. The smallest absolute Gasteiger partial charge is 0.251 e. The predicted molar refractivity (Wildman–Crippen MR) is 109 cm³/mol. The quantitative estimate of drug-likeness (QED) is 0.498. The molecule has 25 heavy (non-hydrogen) atoms. The normalized spacial score (nSPS) is 12.2. The summed E-state index contributed by atoms with van der Waals surface area (Å²) >= 11 is 5.92. The summed E-state index contributed by atoms with van der Waals surface area (Å²) < 4.78 is 0. The molecule has 1 rings (SSSR count). The fraction of sp³-hybridized carbons (Fsp3) is 0.682. The molecule has 1 N–H and O–H groups in total. The zero-order valence-electron chi connectivity index (χ0n) is 16.9. The van der Waals surface area contributed by atoms with Crippen LogP contribution in [0.25, 0.3) is 0 Å². The third-order valence-electron chi connectivity index (χ3n) is 4.66. The highest BCUT2D eigenvalue weighted by Crippen LogP contribution is 2.38. The van der Waals surface area contributed by atoms with E-state index in [0.29, 0.717) is 28.3 Å². The minimum absolute atomic E-state index is 0.00176. The molecule has 0 aliphatic heterocycles. The van der Waals surface area contributed by atoms with Crippen LogP contribution in [0.5, 0.6) is 0 Å². The molecule has 0 saturated heterocycles. The number of carbonyl (C=O) groups excluding carboxylic acids is 1. The maximum absolute atomic E-state index is 12.6. The molecule has 0 spiro atoms. The Morgan fingerprint density at radius 3 is 1.92 bits per heavy atom. The van der Waals surface area contributed by atoms with Crippen molar-refractivity contribution < 1.29 is 4.79 Å². The number of rotatable bonds is 10. The second-order valence-electron chi connectivity index (χ2n) is 8.82. The topological polar surface area (TPSA) is 29.1 Å². The van der Waals surface area contributed by atoms with E-state index in [1.54, 1.807) is 24.3 Å². The lowest BCUT2D eigenvalue weighted by Crippen LogP contribution is -2.39. The highest BCUT2D eigenvalue weighted by molar-refractivity contribution is 6.30. The standard InChI is InChI=1S/C22H36ClNO/c1-16(2)11-12-22(13-17(3)4,14-18(5)6)15-24-21(25)19-7-9-20(23)10-8-19/h7-10,16-18H,11-15H2,1-6H3,(H,24,25). The van der Waals surface area contributed by atoms with Crippen LogP contribution in [0.1, 0.15) is 77.6 Å². The minimum atomic E-state index is -0.00176. The molecule has 1 aromatic rings. The van der Waals surface area contributed by atoms with Gasteiger partial charge in [-0.25, -0.2) is 0 Å². The Hall–Kier alpha value is -1.02. The fourth-order valence-electron chi connectivity index (χ4n) is 3.82. The summed E-state index contributed by atoms with van der Waals surface area (Å²) in [5.74, 6) is 1.93. The van der Waals surface area contributed by atoms with Gasteiger partial charge in [-0.2, -0.15) is 0 Å². The molecule has 142 valence electrons. The number of hydrogen-bond donors (Lipinski definition) is 1. The van der Waals surface area contributed by atoms with Crippen molar-refractivity contribution in [2.45, 2.75) is 67.2 Å². The number of halogens is 1. The van der Waals surface area contributed by atoms with Gasteiger partial charge in [0.05, 0.1) is 0 Å². The largest absolute Gasteiger partial charge is 0.351 e. The zero-order chi connectivity index (χ0) is 19.0. The van der Waals surface area contributed by atoms with Gasteiger partial charge in [0, 0.05) is 17.1 Å². The van der Waals surface area contributed by atoms with E-state index in [0.717, 1.165) is 19.4 Å². The summed E-state index contributed by atoms with van der Waals surface area (Å²) in [5.41, 5.74) is 0.852. The fourth-order valence-corrected chi connectivity index (χ4v) is 3.94. The molecule has 0 unspecified atom stereocenters. The monoisotopic (exact) mass is 365 g/mol. The molecule has 0 atom stereocenters. The van der Waals surface area contributed by atoms with Gasteiger partial charge < -0.3 is 5.32 Å². The SMILES string of the molecule is CC(C)CCC(CNC(=O)c1ccc(Cl)cc1)(CC(C)C)CC(C)C. The van der Waals surface area contributed by atoms with Crippen LogP contribution < -0.4 is 5.32 Å². The van der Waals surface area contributed by atoms with Crippen LogP contribution in [0.15, 0.2) is 24.3 Å². The van der Waals surface area contributed by atoms with Crippen LogP contribution in [0.4, 0.5) is 0 Å². The van der Waals surface area contributed by atoms with E-state index in [2.05, 4.69) is 46.9 Å². The van der Waals surface area contributed by atoms with E-state index in [1.807, 2.05) is 0 Å². The number of nitrogens with one attached hydrogen (secondary N) is 1. The van der Waals surface area contributed by atoms with Crippen LogP contribution in [-0.2, 0) is 0 Å². The summed E-state index contributed by atoms with van der Waals surface area (Å²) in [5, 5.41) is 3.87. The van der Waals surface area contributed by atoms with Gasteiger partial charge in [-0.05, 0) is 66.7 Å². The molecule has 0 aliphatic rings. The van der Waals surface area contributed by atoms with Crippen molar-refractivity contribution in [3.05, 3.63) is 34.9 Å². The maximum Gasteiger partial charge on any atom is 0.251 e. The Morgan fingerprint density at radius 1 is 0.960 bits per heavy atom. The van der Waals surface area contributed by atoms with Crippen molar-refractivity contribution in [2.24, 2.45) is 23.2 Å². The minimum Gasteiger partial charge on any atom is -0.351 e. The average molecular weight is 366 g/mol. The highest BCUT2D eigenvalue weighted by atomic mass is 35.5.